The Morgan fingerprint density at radius 2 is 1.41 bits per heavy atom. The first-order valence-corrected chi connectivity index (χ1v) is 10.0. The van der Waals surface area contributed by atoms with E-state index in [2.05, 4.69) is 105 Å². The van der Waals surface area contributed by atoms with Gasteiger partial charge in [0.25, 0.3) is 0 Å². The van der Waals surface area contributed by atoms with Gasteiger partial charge in [-0.25, -0.2) is 4.57 Å². The van der Waals surface area contributed by atoms with Crippen molar-refractivity contribution in [3.05, 3.63) is 95.4 Å². The van der Waals surface area contributed by atoms with Crippen LogP contribution in [0, 0.1) is 27.7 Å². The zero-order chi connectivity index (χ0) is 20.5. The molecule has 2 heterocycles. The van der Waals surface area contributed by atoms with Gasteiger partial charge in [0, 0.05) is 18.5 Å². The normalized spacial score (nSPS) is 10.9. The van der Waals surface area contributed by atoms with Crippen LogP contribution in [-0.2, 0) is 7.05 Å². The first-order chi connectivity index (χ1) is 14.0. The van der Waals surface area contributed by atoms with Gasteiger partial charge in [0.2, 0.25) is 5.69 Å². The van der Waals surface area contributed by atoms with E-state index < -0.39 is 0 Å². The highest BCUT2D eigenvalue weighted by atomic mass is 14.9. The Labute approximate surface area is 173 Å². The van der Waals surface area contributed by atoms with Crippen molar-refractivity contribution in [2.24, 2.45) is 7.05 Å². The molecule has 2 aromatic heterocycles. The molecule has 0 atom stereocenters. The van der Waals surface area contributed by atoms with E-state index in [0.717, 1.165) is 0 Å². The van der Waals surface area contributed by atoms with E-state index in [1.54, 1.807) is 0 Å². The first-order valence-electron chi connectivity index (χ1n) is 10.0. The van der Waals surface area contributed by atoms with Crippen LogP contribution < -0.4 is 4.57 Å². The van der Waals surface area contributed by atoms with Crippen molar-refractivity contribution in [2.75, 3.05) is 0 Å². The number of hydrogen-bond donors (Lipinski definition) is 0. The number of rotatable bonds is 3. The predicted molar refractivity (Wildman–Crippen MR) is 121 cm³/mol. The highest BCUT2D eigenvalue weighted by Crippen LogP contribution is 2.37. The molecule has 0 radical (unpaired) electrons. The molecule has 0 spiro atoms. The predicted octanol–water partition coefficient (Wildman–Crippen LogP) is 6.14. The minimum atomic E-state index is 1.18. The number of aromatic nitrogens is 2. The van der Waals surface area contributed by atoms with Crippen molar-refractivity contribution in [1.29, 1.82) is 0 Å². The lowest BCUT2D eigenvalue weighted by Crippen LogP contribution is -2.31. The second-order valence-electron chi connectivity index (χ2n) is 7.92. The first kappa shape index (κ1) is 19.1. The monoisotopic (exact) mass is 379 g/mol. The summed E-state index contributed by atoms with van der Waals surface area (Å²) in [6.07, 6.45) is 5.93. The molecule has 0 unspecified atom stereocenters. The van der Waals surface area contributed by atoms with E-state index >= 15 is 0 Å². The van der Waals surface area contributed by atoms with Gasteiger partial charge in [0.05, 0.1) is 11.1 Å². The average Bonchev–Trinajstić information content (AvgIpc) is 2.69. The lowest BCUT2D eigenvalue weighted by molar-refractivity contribution is -0.660. The molecule has 2 heteroatoms. The summed E-state index contributed by atoms with van der Waals surface area (Å²) in [7, 11) is 2.12. The molecule has 0 aliphatic heterocycles. The largest absolute Gasteiger partial charge is 0.264 e. The molecule has 0 bridgehead atoms. The summed E-state index contributed by atoms with van der Waals surface area (Å²) in [4.78, 5) is 4.28. The van der Waals surface area contributed by atoms with Crippen LogP contribution in [0.5, 0.6) is 0 Å². The minimum absolute atomic E-state index is 1.18. The lowest BCUT2D eigenvalue weighted by Gasteiger charge is -2.16. The Bertz CT molecular complexity index is 1160. The maximum atomic E-state index is 4.28. The summed E-state index contributed by atoms with van der Waals surface area (Å²) >= 11 is 0. The van der Waals surface area contributed by atoms with Gasteiger partial charge in [0.1, 0.15) is 7.05 Å². The van der Waals surface area contributed by atoms with E-state index in [-0.39, 0.29) is 0 Å². The topological polar surface area (TPSA) is 16.8 Å². The van der Waals surface area contributed by atoms with E-state index in [1.165, 1.54) is 55.8 Å². The standard InChI is InChI=1S/C27H27N2/c1-18-8-10-22(11-9-18)23-15-19(2)26(20(3)16-23)25-7-6-14-29(5)27(25)24-12-13-28-17-21(24)4/h6-17H,1-5H3/q+1. The smallest absolute Gasteiger partial charge is 0.220 e. The number of nitrogens with zero attached hydrogens (tertiary/aromatic N) is 2. The Hall–Kier alpha value is -3.26. The summed E-state index contributed by atoms with van der Waals surface area (Å²) < 4.78 is 2.21. The second kappa shape index (κ2) is 7.63. The third-order valence-corrected chi connectivity index (χ3v) is 5.64. The van der Waals surface area contributed by atoms with Crippen molar-refractivity contribution in [1.82, 2.24) is 4.98 Å². The lowest BCUT2D eigenvalue weighted by atomic mass is 9.88. The van der Waals surface area contributed by atoms with Gasteiger partial charge < -0.3 is 0 Å². The third kappa shape index (κ3) is 3.58. The van der Waals surface area contributed by atoms with Gasteiger partial charge in [-0.2, -0.15) is 0 Å². The molecule has 0 amide bonds. The molecule has 0 aliphatic rings. The van der Waals surface area contributed by atoms with E-state index in [1.807, 2.05) is 12.4 Å². The van der Waals surface area contributed by atoms with Crippen LogP contribution in [0.25, 0.3) is 33.5 Å². The molecule has 4 aromatic rings. The highest BCUT2D eigenvalue weighted by molar-refractivity contribution is 5.85. The zero-order valence-electron chi connectivity index (χ0n) is 17.8. The molecule has 29 heavy (non-hydrogen) atoms. The van der Waals surface area contributed by atoms with Gasteiger partial charge in [0.15, 0.2) is 6.20 Å². The van der Waals surface area contributed by atoms with Gasteiger partial charge in [-0.05, 0) is 73.2 Å². The Kier molecular flexibility index (Phi) is 5.02. The maximum Gasteiger partial charge on any atom is 0.220 e. The Balaban J connectivity index is 1.92. The molecule has 4 rings (SSSR count). The van der Waals surface area contributed by atoms with Gasteiger partial charge in [-0.1, -0.05) is 42.0 Å². The molecule has 0 fully saturated rings. The fourth-order valence-electron chi connectivity index (χ4n) is 4.19. The van der Waals surface area contributed by atoms with Crippen molar-refractivity contribution < 1.29 is 4.57 Å². The summed E-state index contributed by atoms with van der Waals surface area (Å²) in [5.74, 6) is 0. The summed E-state index contributed by atoms with van der Waals surface area (Å²) in [5.41, 5.74) is 12.6. The van der Waals surface area contributed by atoms with E-state index in [4.69, 9.17) is 0 Å². The fraction of sp³-hybridized carbons (Fsp3) is 0.185. The number of benzene rings is 2. The third-order valence-electron chi connectivity index (χ3n) is 5.64. The molecule has 0 saturated carbocycles. The highest BCUT2D eigenvalue weighted by Gasteiger charge is 2.21. The van der Waals surface area contributed by atoms with Crippen LogP contribution in [0.2, 0.25) is 0 Å². The molecule has 0 aliphatic carbocycles. The number of aryl methyl sites for hydroxylation is 5. The van der Waals surface area contributed by atoms with Crippen LogP contribution in [-0.4, -0.2) is 4.98 Å². The minimum Gasteiger partial charge on any atom is -0.264 e. The Morgan fingerprint density at radius 1 is 0.724 bits per heavy atom. The molecule has 2 nitrogen and oxygen atoms in total. The zero-order valence-corrected chi connectivity index (χ0v) is 17.8. The summed E-state index contributed by atoms with van der Waals surface area (Å²) in [5, 5.41) is 0. The quantitative estimate of drug-likeness (QED) is 0.391. The van der Waals surface area contributed by atoms with Crippen LogP contribution >= 0.6 is 0 Å². The average molecular weight is 380 g/mol. The second-order valence-corrected chi connectivity index (χ2v) is 7.92. The molecular formula is C27H27N2+. The molecule has 2 aromatic carbocycles. The molecule has 144 valence electrons. The van der Waals surface area contributed by atoms with Crippen LogP contribution in [0.4, 0.5) is 0 Å². The van der Waals surface area contributed by atoms with Crippen LogP contribution in [0.3, 0.4) is 0 Å². The Morgan fingerprint density at radius 3 is 2.07 bits per heavy atom. The molecular weight excluding hydrogens is 352 g/mol. The van der Waals surface area contributed by atoms with E-state index in [0.29, 0.717) is 0 Å². The summed E-state index contributed by atoms with van der Waals surface area (Å²) in [6.45, 7) is 8.69. The van der Waals surface area contributed by atoms with Crippen molar-refractivity contribution in [3.8, 4) is 33.5 Å². The van der Waals surface area contributed by atoms with E-state index in [9.17, 15) is 0 Å². The SMILES string of the molecule is Cc1ccc(-c2cc(C)c(-c3ccc[n+](C)c3-c3ccncc3C)c(C)c2)cc1. The number of pyridine rings is 2. The van der Waals surface area contributed by atoms with Crippen molar-refractivity contribution >= 4 is 0 Å². The number of hydrogen-bond acceptors (Lipinski definition) is 1. The molecule has 0 saturated heterocycles. The van der Waals surface area contributed by atoms with Gasteiger partial charge >= 0.3 is 0 Å². The van der Waals surface area contributed by atoms with Crippen LogP contribution in [0.1, 0.15) is 22.3 Å². The van der Waals surface area contributed by atoms with Crippen molar-refractivity contribution in [3.63, 3.8) is 0 Å². The van der Waals surface area contributed by atoms with Gasteiger partial charge in [-0.15, -0.1) is 0 Å². The van der Waals surface area contributed by atoms with Gasteiger partial charge in [-0.3, -0.25) is 4.98 Å². The van der Waals surface area contributed by atoms with Crippen molar-refractivity contribution in [2.45, 2.75) is 27.7 Å². The maximum absolute atomic E-state index is 4.28. The summed E-state index contributed by atoms with van der Waals surface area (Å²) in [6, 6.07) is 19.9. The van der Waals surface area contributed by atoms with Crippen LogP contribution in [0.15, 0.2) is 73.2 Å². The fourth-order valence-corrected chi connectivity index (χ4v) is 4.19. The molecule has 0 N–H and O–H groups in total.